The maximum absolute atomic E-state index is 12.8. The van der Waals surface area contributed by atoms with Gasteiger partial charge in [0.1, 0.15) is 6.54 Å². The van der Waals surface area contributed by atoms with Gasteiger partial charge in [-0.1, -0.05) is 31.1 Å². The number of aliphatic imine (C=N–C) groups is 1. The monoisotopic (exact) mass is 309 g/mol. The van der Waals surface area contributed by atoms with E-state index in [0.29, 0.717) is 18.4 Å². The van der Waals surface area contributed by atoms with Crippen molar-refractivity contribution >= 4 is 6.21 Å². The third-order valence-corrected chi connectivity index (χ3v) is 3.05. The number of nitrogens with zero attached hydrogens (tertiary/aromatic N) is 1. The highest BCUT2D eigenvalue weighted by Crippen LogP contribution is 2.25. The molecule has 0 aromatic heterocycles. The number of halogens is 4. The highest BCUT2D eigenvalue weighted by atomic mass is 19.3. The Labute approximate surface area is 123 Å². The van der Waals surface area contributed by atoms with E-state index in [1.165, 1.54) is 0 Å². The lowest BCUT2D eigenvalue weighted by atomic mass is 9.90. The summed E-state index contributed by atoms with van der Waals surface area (Å²) in [7, 11) is 0. The van der Waals surface area contributed by atoms with Crippen LogP contribution in [0.1, 0.15) is 40.5 Å². The number of aliphatic hydroxyl groups is 1. The molecule has 0 aliphatic heterocycles. The maximum Gasteiger partial charge on any atom is 0.326 e. The summed E-state index contributed by atoms with van der Waals surface area (Å²) in [5.41, 5.74) is -0.110. The lowest BCUT2D eigenvalue weighted by Crippen LogP contribution is -2.31. The summed E-state index contributed by atoms with van der Waals surface area (Å²) in [6, 6.07) is 0. The van der Waals surface area contributed by atoms with Gasteiger partial charge in [0.25, 0.3) is 0 Å². The highest BCUT2D eigenvalue weighted by molar-refractivity contribution is 5.82. The van der Waals surface area contributed by atoms with Crippen molar-refractivity contribution < 1.29 is 22.7 Å². The second kappa shape index (κ2) is 8.32. The van der Waals surface area contributed by atoms with Crippen LogP contribution in [0.5, 0.6) is 0 Å². The van der Waals surface area contributed by atoms with Crippen molar-refractivity contribution in [2.45, 2.75) is 58.5 Å². The van der Waals surface area contributed by atoms with Gasteiger partial charge >= 0.3 is 12.3 Å². The van der Waals surface area contributed by atoms with Crippen molar-refractivity contribution in [2.75, 3.05) is 6.54 Å². The molecule has 0 spiro atoms. The summed E-state index contributed by atoms with van der Waals surface area (Å²) in [6.45, 7) is 5.68. The standard InChI is InChI=1S/C15H23F4NO/c1-5-7-14(4,21)12(8-11(3)6-2)9-20-10-15(18,19)13(16)17/h6,8-9,13,21H,5,7,10H2,1-4H3/b11-6+,12-8+,20-9?. The average molecular weight is 309 g/mol. The van der Waals surface area contributed by atoms with Gasteiger partial charge < -0.3 is 5.11 Å². The van der Waals surface area contributed by atoms with Gasteiger partial charge in [-0.25, -0.2) is 8.78 Å². The van der Waals surface area contributed by atoms with Crippen LogP contribution in [-0.4, -0.2) is 35.8 Å². The van der Waals surface area contributed by atoms with Gasteiger partial charge in [-0.05, 0) is 27.2 Å². The summed E-state index contributed by atoms with van der Waals surface area (Å²) >= 11 is 0. The van der Waals surface area contributed by atoms with E-state index in [-0.39, 0.29) is 0 Å². The molecule has 1 unspecified atom stereocenters. The Morgan fingerprint density at radius 1 is 1.33 bits per heavy atom. The lowest BCUT2D eigenvalue weighted by molar-refractivity contribution is -0.119. The van der Waals surface area contributed by atoms with E-state index < -0.39 is 24.5 Å². The maximum atomic E-state index is 12.8. The summed E-state index contributed by atoms with van der Waals surface area (Å²) < 4.78 is 49.7. The molecular weight excluding hydrogens is 286 g/mol. The highest BCUT2D eigenvalue weighted by Gasteiger charge is 2.40. The van der Waals surface area contributed by atoms with Crippen LogP contribution in [0.25, 0.3) is 0 Å². The van der Waals surface area contributed by atoms with E-state index in [0.717, 1.165) is 11.8 Å². The SMILES string of the molecule is C/C=C(C)/C=C(\C=NCC(F)(F)C(F)F)C(C)(O)CCC. The van der Waals surface area contributed by atoms with Gasteiger partial charge in [-0.2, -0.15) is 8.78 Å². The van der Waals surface area contributed by atoms with Gasteiger partial charge in [0, 0.05) is 11.8 Å². The van der Waals surface area contributed by atoms with Crippen LogP contribution in [0, 0.1) is 0 Å². The lowest BCUT2D eigenvalue weighted by Gasteiger charge is -2.24. The minimum absolute atomic E-state index is 0.324. The molecule has 122 valence electrons. The van der Waals surface area contributed by atoms with Crippen LogP contribution >= 0.6 is 0 Å². The van der Waals surface area contributed by atoms with Crippen LogP contribution in [0.4, 0.5) is 17.6 Å². The van der Waals surface area contributed by atoms with Crippen molar-refractivity contribution in [3.05, 3.63) is 23.3 Å². The molecule has 6 heteroatoms. The number of hydrogen-bond acceptors (Lipinski definition) is 2. The van der Waals surface area contributed by atoms with Crippen molar-refractivity contribution in [1.82, 2.24) is 0 Å². The zero-order valence-corrected chi connectivity index (χ0v) is 12.8. The predicted molar refractivity (Wildman–Crippen MR) is 77.4 cm³/mol. The zero-order valence-electron chi connectivity index (χ0n) is 12.8. The van der Waals surface area contributed by atoms with Crippen LogP contribution < -0.4 is 0 Å². The quantitative estimate of drug-likeness (QED) is 0.402. The molecule has 0 aromatic rings. The van der Waals surface area contributed by atoms with Gasteiger partial charge in [-0.3, -0.25) is 4.99 Å². The Hall–Kier alpha value is -1.17. The Balaban J connectivity index is 5.23. The molecule has 0 fully saturated rings. The summed E-state index contributed by atoms with van der Waals surface area (Å²) in [6.07, 6.45) is 1.78. The normalized spacial score (nSPS) is 17.6. The molecular formula is C15H23F4NO. The minimum atomic E-state index is -4.16. The summed E-state index contributed by atoms with van der Waals surface area (Å²) in [5, 5.41) is 10.3. The first-order valence-electron chi connectivity index (χ1n) is 6.80. The number of hydrogen-bond donors (Lipinski definition) is 1. The van der Waals surface area contributed by atoms with Crippen molar-refractivity contribution in [3.8, 4) is 0 Å². The molecule has 0 amide bonds. The fraction of sp³-hybridized carbons (Fsp3) is 0.667. The summed E-state index contributed by atoms with van der Waals surface area (Å²) in [5.74, 6) is -4.16. The second-order valence-corrected chi connectivity index (χ2v) is 5.19. The molecule has 0 rings (SSSR count). The third-order valence-electron chi connectivity index (χ3n) is 3.05. The van der Waals surface area contributed by atoms with E-state index in [1.807, 2.05) is 6.92 Å². The molecule has 0 aliphatic rings. The fourth-order valence-electron chi connectivity index (χ4n) is 1.63. The fourth-order valence-corrected chi connectivity index (χ4v) is 1.63. The van der Waals surface area contributed by atoms with Crippen molar-refractivity contribution in [1.29, 1.82) is 0 Å². The third kappa shape index (κ3) is 6.89. The molecule has 1 atom stereocenters. The van der Waals surface area contributed by atoms with Crippen LogP contribution in [0.3, 0.4) is 0 Å². The van der Waals surface area contributed by atoms with Gasteiger partial charge in [-0.15, -0.1) is 0 Å². The average Bonchev–Trinajstić information content (AvgIpc) is 2.36. The summed E-state index contributed by atoms with van der Waals surface area (Å²) in [4.78, 5) is 3.39. The predicted octanol–water partition coefficient (Wildman–Crippen LogP) is 4.40. The van der Waals surface area contributed by atoms with Gasteiger partial charge in [0.15, 0.2) is 0 Å². The van der Waals surface area contributed by atoms with E-state index in [2.05, 4.69) is 4.99 Å². The first-order valence-corrected chi connectivity index (χ1v) is 6.80. The molecule has 0 aromatic carbocycles. The zero-order chi connectivity index (χ0) is 16.7. The Bertz CT molecular complexity index is 412. The van der Waals surface area contributed by atoms with E-state index >= 15 is 0 Å². The first-order chi connectivity index (χ1) is 9.56. The number of rotatable bonds is 8. The van der Waals surface area contributed by atoms with Crippen molar-refractivity contribution in [2.24, 2.45) is 4.99 Å². The molecule has 0 saturated heterocycles. The molecule has 0 bridgehead atoms. The van der Waals surface area contributed by atoms with E-state index in [9.17, 15) is 22.7 Å². The van der Waals surface area contributed by atoms with Gasteiger partial charge in [0.05, 0.1) is 5.60 Å². The molecule has 0 radical (unpaired) electrons. The Kier molecular flexibility index (Phi) is 7.85. The van der Waals surface area contributed by atoms with Crippen LogP contribution in [-0.2, 0) is 0 Å². The second-order valence-electron chi connectivity index (χ2n) is 5.19. The number of alkyl halides is 4. The Morgan fingerprint density at radius 2 is 1.90 bits per heavy atom. The largest absolute Gasteiger partial charge is 0.385 e. The molecule has 0 saturated carbocycles. The van der Waals surface area contributed by atoms with E-state index in [1.54, 1.807) is 32.9 Å². The van der Waals surface area contributed by atoms with Crippen LogP contribution in [0.15, 0.2) is 28.3 Å². The first kappa shape index (κ1) is 19.8. The minimum Gasteiger partial charge on any atom is -0.385 e. The Morgan fingerprint density at radius 3 is 2.33 bits per heavy atom. The molecule has 0 aliphatic carbocycles. The van der Waals surface area contributed by atoms with Crippen LogP contribution in [0.2, 0.25) is 0 Å². The van der Waals surface area contributed by atoms with E-state index in [4.69, 9.17) is 0 Å². The van der Waals surface area contributed by atoms with Crippen molar-refractivity contribution in [3.63, 3.8) is 0 Å². The number of allylic oxidation sites excluding steroid dienone is 3. The molecule has 2 nitrogen and oxygen atoms in total. The molecule has 0 heterocycles. The topological polar surface area (TPSA) is 32.6 Å². The molecule has 21 heavy (non-hydrogen) atoms. The van der Waals surface area contributed by atoms with Gasteiger partial charge in [0.2, 0.25) is 0 Å². The smallest absolute Gasteiger partial charge is 0.326 e. The molecule has 1 N–H and O–H groups in total.